The fourth-order valence-electron chi connectivity index (χ4n) is 4.13. The number of pyridine rings is 1. The number of rotatable bonds is 4. The van der Waals surface area contributed by atoms with Gasteiger partial charge in [-0.3, -0.25) is 18.9 Å². The van der Waals surface area contributed by atoms with E-state index in [0.717, 1.165) is 15.4 Å². The summed E-state index contributed by atoms with van der Waals surface area (Å²) < 4.78 is 29.5. The highest BCUT2D eigenvalue weighted by Gasteiger charge is 2.50. The third-order valence-corrected chi connectivity index (χ3v) is 6.34. The van der Waals surface area contributed by atoms with Crippen molar-refractivity contribution in [1.82, 2.24) is 9.38 Å². The van der Waals surface area contributed by atoms with E-state index >= 15 is 0 Å². The Hall–Kier alpha value is -3.91. The van der Waals surface area contributed by atoms with Crippen molar-refractivity contribution < 1.29 is 18.7 Å². The number of hydrogen-bond donors (Lipinski definition) is 1. The van der Waals surface area contributed by atoms with E-state index in [-0.39, 0.29) is 22.1 Å². The number of carbonyl (C=O) groups is 1. The molecule has 3 heterocycles. The molecule has 2 aromatic heterocycles. The maximum absolute atomic E-state index is 14.2. The van der Waals surface area contributed by atoms with Crippen molar-refractivity contribution >= 4 is 40.3 Å². The van der Waals surface area contributed by atoms with Gasteiger partial charge >= 0.3 is 0 Å². The largest absolute Gasteiger partial charge is 0.502 e. The molecule has 4 rings (SSSR count). The highest BCUT2D eigenvalue weighted by Crippen LogP contribution is 2.39. The Labute approximate surface area is 204 Å². The van der Waals surface area contributed by atoms with Crippen LogP contribution in [0, 0.1) is 11.3 Å². The highest BCUT2D eigenvalue weighted by molar-refractivity contribution is 7.81. The lowest BCUT2D eigenvalue weighted by atomic mass is 10.0. The highest BCUT2D eigenvalue weighted by atomic mass is 32.1. The van der Waals surface area contributed by atoms with Crippen molar-refractivity contribution in [3.8, 4) is 11.8 Å². The third-order valence-electron chi connectivity index (χ3n) is 5.97. The lowest BCUT2D eigenvalue weighted by molar-refractivity contribution is -0.120. The van der Waals surface area contributed by atoms with Crippen LogP contribution in [0.15, 0.2) is 41.3 Å². The number of thiocarbonyl (C=S) groups is 1. The molecule has 180 valence electrons. The van der Waals surface area contributed by atoms with Crippen molar-refractivity contribution in [2.45, 2.75) is 45.6 Å². The second-order valence-corrected chi connectivity index (χ2v) is 9.09. The first-order valence-corrected chi connectivity index (χ1v) is 11.1. The number of amides is 1. The molecule has 11 heteroatoms. The van der Waals surface area contributed by atoms with Gasteiger partial charge in [0.05, 0.1) is 28.7 Å². The zero-order valence-corrected chi connectivity index (χ0v) is 20.2. The van der Waals surface area contributed by atoms with Crippen LogP contribution in [0.25, 0.3) is 5.65 Å². The molecule has 1 fully saturated rings. The molecule has 0 saturated carbocycles. The molecule has 0 unspecified atom stereocenters. The Morgan fingerprint density at radius 1 is 1.20 bits per heavy atom. The maximum atomic E-state index is 14.2. The molecular weight excluding hydrogens is 476 g/mol. The molecule has 35 heavy (non-hydrogen) atoms. The molecule has 1 aromatic carbocycles. The molecule has 0 spiro atoms. The first kappa shape index (κ1) is 24.2. The maximum Gasteiger partial charge on any atom is 0.300 e. The van der Waals surface area contributed by atoms with E-state index in [2.05, 4.69) is 4.98 Å². The number of aryl methyl sites for hydroxylation is 1. The molecule has 3 aromatic rings. The predicted octanol–water partition coefficient (Wildman–Crippen LogP) is 3.86. The van der Waals surface area contributed by atoms with E-state index in [1.807, 2.05) is 0 Å². The first-order chi connectivity index (χ1) is 16.3. The van der Waals surface area contributed by atoms with E-state index in [1.165, 1.54) is 23.2 Å². The quantitative estimate of drug-likeness (QED) is 0.546. The fraction of sp³-hybridized carbons (Fsp3) is 0.292. The standard InChI is InChI=1S/C24H21F2N5O3S/c1-5-17-19(32)20(33)29-12-15(8-9-18(29)28-17)31-22(35)30(21(34)23(31,2)3)14-7-6-13(11-27)16(10-14)24(4,25)26/h6-10,12,32H,5H2,1-4H3. The number of carbonyl (C=O) groups excluding carboxylic acids is 1. The number of alkyl halides is 2. The van der Waals surface area contributed by atoms with Crippen LogP contribution in [0.4, 0.5) is 20.2 Å². The first-order valence-electron chi connectivity index (χ1n) is 10.7. The SMILES string of the molecule is CCc1nc2ccc(N3C(=S)N(c4ccc(C#N)c(C(C)(F)F)c4)C(=O)C3(C)C)cn2c(=O)c1O. The summed E-state index contributed by atoms with van der Waals surface area (Å²) in [6.07, 6.45) is 1.79. The lowest BCUT2D eigenvalue weighted by Gasteiger charge is -2.29. The molecule has 1 N–H and O–H groups in total. The van der Waals surface area contributed by atoms with Crippen molar-refractivity contribution in [1.29, 1.82) is 5.26 Å². The fourth-order valence-corrected chi connectivity index (χ4v) is 4.65. The second kappa shape index (κ2) is 8.09. The number of anilines is 2. The molecule has 0 radical (unpaired) electrons. The van der Waals surface area contributed by atoms with E-state index in [1.54, 1.807) is 39.0 Å². The van der Waals surface area contributed by atoms with Crippen LogP contribution in [-0.4, -0.2) is 31.0 Å². The zero-order chi connectivity index (χ0) is 25.9. The number of fused-ring (bicyclic) bond motifs is 1. The van der Waals surface area contributed by atoms with Gasteiger partial charge in [-0.2, -0.15) is 5.26 Å². The van der Waals surface area contributed by atoms with Gasteiger partial charge in [-0.15, -0.1) is 0 Å². The summed E-state index contributed by atoms with van der Waals surface area (Å²) in [6, 6.07) is 8.64. The van der Waals surface area contributed by atoms with Gasteiger partial charge in [-0.25, -0.2) is 13.8 Å². The summed E-state index contributed by atoms with van der Waals surface area (Å²) in [5, 5.41) is 19.4. The van der Waals surface area contributed by atoms with E-state index in [0.29, 0.717) is 24.7 Å². The Morgan fingerprint density at radius 3 is 2.46 bits per heavy atom. The van der Waals surface area contributed by atoms with Crippen LogP contribution in [-0.2, 0) is 17.1 Å². The van der Waals surface area contributed by atoms with Gasteiger partial charge in [0.25, 0.3) is 17.4 Å². The molecule has 0 bridgehead atoms. The molecule has 0 atom stereocenters. The number of halogens is 2. The summed E-state index contributed by atoms with van der Waals surface area (Å²) in [5.74, 6) is -4.26. The molecule has 1 aliphatic heterocycles. The van der Waals surface area contributed by atoms with Gasteiger partial charge in [-0.05, 0) is 62.8 Å². The predicted molar refractivity (Wildman–Crippen MR) is 130 cm³/mol. The van der Waals surface area contributed by atoms with Gasteiger partial charge in [0.1, 0.15) is 11.2 Å². The van der Waals surface area contributed by atoms with Gasteiger partial charge in [0.15, 0.2) is 5.11 Å². The molecule has 1 amide bonds. The second-order valence-electron chi connectivity index (χ2n) is 8.73. The lowest BCUT2D eigenvalue weighted by Crippen LogP contribution is -2.44. The van der Waals surface area contributed by atoms with Crippen LogP contribution in [0.3, 0.4) is 0 Å². The summed E-state index contributed by atoms with van der Waals surface area (Å²) in [5.41, 5.74) is -1.59. The van der Waals surface area contributed by atoms with Gasteiger partial charge in [0.2, 0.25) is 5.75 Å². The van der Waals surface area contributed by atoms with Crippen LogP contribution in [0.1, 0.15) is 44.5 Å². The van der Waals surface area contributed by atoms with Gasteiger partial charge < -0.3 is 10.0 Å². The summed E-state index contributed by atoms with van der Waals surface area (Å²) >= 11 is 5.60. The smallest absolute Gasteiger partial charge is 0.300 e. The Kier molecular flexibility index (Phi) is 5.60. The van der Waals surface area contributed by atoms with E-state index in [9.17, 15) is 28.7 Å². The average molecular weight is 498 g/mol. The monoisotopic (exact) mass is 497 g/mol. The summed E-state index contributed by atoms with van der Waals surface area (Å²) in [4.78, 5) is 33.1. The number of nitrogens with zero attached hydrogens (tertiary/aromatic N) is 5. The summed E-state index contributed by atoms with van der Waals surface area (Å²) in [6.45, 7) is 5.67. The van der Waals surface area contributed by atoms with Crippen molar-refractivity contribution in [2.75, 3.05) is 9.80 Å². The molecular formula is C24H21F2N5O3S. The normalized spacial score (nSPS) is 15.7. The molecule has 1 saturated heterocycles. The third kappa shape index (κ3) is 3.70. The number of aromatic hydroxyl groups is 1. The molecule has 1 aliphatic rings. The minimum absolute atomic E-state index is 0.00448. The molecule has 8 nitrogen and oxygen atoms in total. The Bertz CT molecular complexity index is 1500. The average Bonchev–Trinajstić information content (AvgIpc) is 2.98. The minimum atomic E-state index is -3.31. The number of nitriles is 1. The van der Waals surface area contributed by atoms with Crippen LogP contribution in [0.2, 0.25) is 0 Å². The van der Waals surface area contributed by atoms with Crippen LogP contribution in [0.5, 0.6) is 5.75 Å². The number of hydrogen-bond acceptors (Lipinski definition) is 6. The van der Waals surface area contributed by atoms with Gasteiger partial charge in [0, 0.05) is 18.7 Å². The zero-order valence-electron chi connectivity index (χ0n) is 19.3. The minimum Gasteiger partial charge on any atom is -0.502 e. The number of aromatic nitrogens is 2. The van der Waals surface area contributed by atoms with E-state index in [4.69, 9.17) is 12.2 Å². The van der Waals surface area contributed by atoms with Gasteiger partial charge in [-0.1, -0.05) is 6.92 Å². The topological polar surface area (TPSA) is 102 Å². The van der Waals surface area contributed by atoms with E-state index < -0.39 is 34.2 Å². The van der Waals surface area contributed by atoms with Crippen molar-refractivity contribution in [3.05, 3.63) is 63.7 Å². The van der Waals surface area contributed by atoms with Crippen molar-refractivity contribution in [3.63, 3.8) is 0 Å². The molecule has 0 aliphatic carbocycles. The Morgan fingerprint density at radius 2 is 1.86 bits per heavy atom. The van der Waals surface area contributed by atoms with Crippen molar-refractivity contribution in [2.24, 2.45) is 0 Å². The summed E-state index contributed by atoms with van der Waals surface area (Å²) in [7, 11) is 0. The Balaban J connectivity index is 1.85. The number of benzene rings is 1. The van der Waals surface area contributed by atoms with Crippen LogP contribution >= 0.6 is 12.2 Å². The van der Waals surface area contributed by atoms with Crippen LogP contribution < -0.4 is 15.4 Å².